The van der Waals surface area contributed by atoms with Gasteiger partial charge in [0.15, 0.2) is 0 Å². The Hall–Kier alpha value is -1.59. The maximum absolute atomic E-state index is 8.80. The Morgan fingerprint density at radius 3 is 2.94 bits per heavy atom. The van der Waals surface area contributed by atoms with Crippen LogP contribution in [-0.4, -0.2) is 21.9 Å². The van der Waals surface area contributed by atoms with Gasteiger partial charge in [0.2, 0.25) is 5.89 Å². The Morgan fingerprint density at radius 2 is 2.22 bits per heavy atom. The number of aromatic nitrogens is 2. The van der Waals surface area contributed by atoms with Crippen LogP contribution in [0.5, 0.6) is 0 Å². The molecule has 0 unspecified atom stereocenters. The second-order valence-corrected chi connectivity index (χ2v) is 4.05. The molecule has 2 N–H and O–H groups in total. The van der Waals surface area contributed by atoms with Gasteiger partial charge in [0.1, 0.15) is 5.88 Å². The number of nitrogens with one attached hydrogen (secondary N) is 1. The lowest BCUT2D eigenvalue weighted by molar-refractivity contribution is 0.288. The molecule has 0 spiro atoms. The third-order valence-electron chi connectivity index (χ3n) is 2.38. The van der Waals surface area contributed by atoms with Gasteiger partial charge in [-0.15, -0.1) is 16.7 Å². The molecule has 0 bridgehead atoms. The first-order valence-corrected chi connectivity index (χ1v) is 6.20. The van der Waals surface area contributed by atoms with Gasteiger partial charge in [0, 0.05) is 12.3 Å². The fourth-order valence-electron chi connectivity index (χ4n) is 1.57. The van der Waals surface area contributed by atoms with Crippen molar-refractivity contribution in [2.24, 2.45) is 0 Å². The Balaban J connectivity index is 2.04. The van der Waals surface area contributed by atoms with Crippen LogP contribution < -0.4 is 5.32 Å². The molecule has 0 amide bonds. The van der Waals surface area contributed by atoms with E-state index in [2.05, 4.69) is 15.5 Å². The van der Waals surface area contributed by atoms with Gasteiger partial charge < -0.3 is 14.8 Å². The number of aliphatic hydroxyl groups is 1. The van der Waals surface area contributed by atoms with Crippen molar-refractivity contribution in [1.82, 2.24) is 10.2 Å². The third kappa shape index (κ3) is 3.45. The average Bonchev–Trinajstić information content (AvgIpc) is 2.84. The van der Waals surface area contributed by atoms with Crippen LogP contribution in [0.3, 0.4) is 0 Å². The number of aryl methyl sites for hydroxylation is 1. The average molecular weight is 268 g/mol. The zero-order valence-electron chi connectivity index (χ0n) is 9.77. The van der Waals surface area contributed by atoms with E-state index in [9.17, 15) is 0 Å². The molecule has 0 aliphatic heterocycles. The maximum atomic E-state index is 8.80. The van der Waals surface area contributed by atoms with Gasteiger partial charge >= 0.3 is 6.01 Å². The zero-order valence-corrected chi connectivity index (χ0v) is 10.5. The second kappa shape index (κ2) is 6.37. The summed E-state index contributed by atoms with van der Waals surface area (Å²) < 4.78 is 5.25. The van der Waals surface area contributed by atoms with Crippen LogP contribution in [0.4, 0.5) is 11.7 Å². The van der Waals surface area contributed by atoms with E-state index in [0.717, 1.165) is 24.1 Å². The summed E-state index contributed by atoms with van der Waals surface area (Å²) in [6, 6.07) is 8.17. The van der Waals surface area contributed by atoms with E-state index in [1.54, 1.807) is 0 Å². The van der Waals surface area contributed by atoms with Crippen molar-refractivity contribution < 1.29 is 9.52 Å². The van der Waals surface area contributed by atoms with Gasteiger partial charge in [-0.2, -0.15) is 0 Å². The van der Waals surface area contributed by atoms with Crippen molar-refractivity contribution in [3.8, 4) is 0 Å². The van der Waals surface area contributed by atoms with Crippen LogP contribution in [0.1, 0.15) is 17.9 Å². The summed E-state index contributed by atoms with van der Waals surface area (Å²) in [5.74, 6) is 0.584. The zero-order chi connectivity index (χ0) is 12.8. The Morgan fingerprint density at radius 1 is 1.33 bits per heavy atom. The second-order valence-electron chi connectivity index (χ2n) is 3.79. The molecule has 0 saturated carbocycles. The van der Waals surface area contributed by atoms with Gasteiger partial charge in [0.25, 0.3) is 0 Å². The molecule has 0 aliphatic rings. The number of benzene rings is 1. The minimum Gasteiger partial charge on any atom is -0.407 e. The molecule has 1 aromatic carbocycles. The van der Waals surface area contributed by atoms with Crippen LogP contribution in [-0.2, 0) is 12.3 Å². The number of hydrogen-bond donors (Lipinski definition) is 2. The summed E-state index contributed by atoms with van der Waals surface area (Å²) >= 11 is 5.58. The van der Waals surface area contributed by atoms with Gasteiger partial charge in [-0.3, -0.25) is 0 Å². The number of halogens is 1. The SMILES string of the molecule is OCCCc1cccc(Nc2nnc(CCl)o2)c1. The van der Waals surface area contributed by atoms with Crippen molar-refractivity contribution in [3.63, 3.8) is 0 Å². The topological polar surface area (TPSA) is 71.2 Å². The normalized spacial score (nSPS) is 10.6. The molecule has 6 heteroatoms. The van der Waals surface area contributed by atoms with Gasteiger partial charge in [-0.25, -0.2) is 0 Å². The third-order valence-corrected chi connectivity index (χ3v) is 2.61. The van der Waals surface area contributed by atoms with Crippen LogP contribution >= 0.6 is 11.6 Å². The van der Waals surface area contributed by atoms with Gasteiger partial charge in [0.05, 0.1) is 0 Å². The molecule has 5 nitrogen and oxygen atoms in total. The predicted molar refractivity (Wildman–Crippen MR) is 69.0 cm³/mol. The largest absolute Gasteiger partial charge is 0.407 e. The molecule has 96 valence electrons. The molecule has 0 atom stereocenters. The minimum absolute atomic E-state index is 0.195. The van der Waals surface area contributed by atoms with Gasteiger partial charge in [-0.05, 0) is 30.5 Å². The minimum atomic E-state index is 0.195. The van der Waals surface area contributed by atoms with Crippen molar-refractivity contribution in [3.05, 3.63) is 35.7 Å². The maximum Gasteiger partial charge on any atom is 0.320 e. The molecule has 2 rings (SSSR count). The van der Waals surface area contributed by atoms with Crippen molar-refractivity contribution in [2.75, 3.05) is 11.9 Å². The Bertz CT molecular complexity index is 502. The van der Waals surface area contributed by atoms with Crippen molar-refractivity contribution in [1.29, 1.82) is 0 Å². The highest BCUT2D eigenvalue weighted by Gasteiger charge is 2.05. The summed E-state index contributed by atoms with van der Waals surface area (Å²) in [5.41, 5.74) is 2.02. The van der Waals surface area contributed by atoms with E-state index in [1.165, 1.54) is 0 Å². The van der Waals surface area contributed by atoms with E-state index in [-0.39, 0.29) is 12.5 Å². The van der Waals surface area contributed by atoms with E-state index >= 15 is 0 Å². The summed E-state index contributed by atoms with van der Waals surface area (Å²) in [5, 5.41) is 19.4. The number of aliphatic hydroxyl groups excluding tert-OH is 1. The lowest BCUT2D eigenvalue weighted by Crippen LogP contribution is -1.93. The standard InChI is InChI=1S/C12H14ClN3O2/c13-8-11-15-16-12(18-11)14-10-5-1-3-9(7-10)4-2-6-17/h1,3,5,7,17H,2,4,6,8H2,(H,14,16). The molecule has 0 aliphatic carbocycles. The number of hydrogen-bond acceptors (Lipinski definition) is 5. The first-order valence-electron chi connectivity index (χ1n) is 5.67. The lowest BCUT2D eigenvalue weighted by atomic mass is 10.1. The highest BCUT2D eigenvalue weighted by molar-refractivity contribution is 6.16. The van der Waals surface area contributed by atoms with E-state index in [1.807, 2.05) is 24.3 Å². The first kappa shape index (κ1) is 12.9. The number of alkyl halides is 1. The molecule has 18 heavy (non-hydrogen) atoms. The summed E-state index contributed by atoms with van der Waals surface area (Å²) in [7, 11) is 0. The fourth-order valence-corrected chi connectivity index (χ4v) is 1.68. The molecule has 1 aromatic heterocycles. The van der Waals surface area contributed by atoms with E-state index in [4.69, 9.17) is 21.1 Å². The van der Waals surface area contributed by atoms with Crippen molar-refractivity contribution >= 4 is 23.3 Å². The monoisotopic (exact) mass is 267 g/mol. The van der Waals surface area contributed by atoms with Gasteiger partial charge in [-0.1, -0.05) is 17.2 Å². The predicted octanol–water partition coefficient (Wildman–Crippen LogP) is 2.48. The van der Waals surface area contributed by atoms with Crippen molar-refractivity contribution in [2.45, 2.75) is 18.7 Å². The first-order chi connectivity index (χ1) is 8.81. The number of rotatable bonds is 6. The molecule has 1 heterocycles. The van der Waals surface area contributed by atoms with Crippen LogP contribution in [0.2, 0.25) is 0 Å². The van der Waals surface area contributed by atoms with Crippen LogP contribution in [0.15, 0.2) is 28.7 Å². The molecule has 0 fully saturated rings. The smallest absolute Gasteiger partial charge is 0.320 e. The molecule has 0 saturated heterocycles. The van der Waals surface area contributed by atoms with E-state index in [0.29, 0.717) is 11.9 Å². The highest BCUT2D eigenvalue weighted by Crippen LogP contribution is 2.17. The molecular formula is C12H14ClN3O2. The molecule has 0 radical (unpaired) electrons. The fraction of sp³-hybridized carbons (Fsp3) is 0.333. The molecule has 2 aromatic rings. The quantitative estimate of drug-likeness (QED) is 0.787. The van der Waals surface area contributed by atoms with Crippen LogP contribution in [0.25, 0.3) is 0 Å². The lowest BCUT2D eigenvalue weighted by Gasteiger charge is -2.04. The summed E-state index contributed by atoms with van der Waals surface area (Å²) in [6.07, 6.45) is 1.59. The highest BCUT2D eigenvalue weighted by atomic mass is 35.5. The summed E-state index contributed by atoms with van der Waals surface area (Å²) in [6.45, 7) is 0.195. The Labute approximate surface area is 110 Å². The summed E-state index contributed by atoms with van der Waals surface area (Å²) in [4.78, 5) is 0. The molecular weight excluding hydrogens is 254 g/mol. The van der Waals surface area contributed by atoms with Crippen LogP contribution in [0, 0.1) is 0 Å². The number of nitrogens with zero attached hydrogens (tertiary/aromatic N) is 2. The number of anilines is 2. The van der Waals surface area contributed by atoms with E-state index < -0.39 is 0 Å². The Kier molecular flexibility index (Phi) is 4.55.